The van der Waals surface area contributed by atoms with Crippen LogP contribution in [0.2, 0.25) is 0 Å². The summed E-state index contributed by atoms with van der Waals surface area (Å²) < 4.78 is 21.4. The van der Waals surface area contributed by atoms with Crippen molar-refractivity contribution in [3.8, 4) is 11.8 Å². The number of ether oxygens (including phenoxy) is 1. The molecule has 0 N–H and O–H groups in total. The molecule has 0 atom stereocenters. The van der Waals surface area contributed by atoms with E-state index in [1.807, 2.05) is 30.3 Å². The Morgan fingerprint density at radius 1 is 1.19 bits per heavy atom. The summed E-state index contributed by atoms with van der Waals surface area (Å²) in [5, 5.41) is 9.20. The molecule has 0 saturated carbocycles. The van der Waals surface area contributed by atoms with Gasteiger partial charge in [-0.3, -0.25) is 0 Å². The van der Waals surface area contributed by atoms with Crippen LogP contribution in [0.5, 0.6) is 5.75 Å². The monoisotopic (exact) mass is 300 g/mol. The highest BCUT2D eigenvalue weighted by Gasteiger charge is 2.06. The van der Waals surface area contributed by atoms with E-state index in [0.717, 1.165) is 5.56 Å². The van der Waals surface area contributed by atoms with Gasteiger partial charge in [0.25, 0.3) is 0 Å². The Morgan fingerprint density at radius 2 is 1.90 bits per heavy atom. The Balaban J connectivity index is 2.22. The van der Waals surface area contributed by atoms with Crippen molar-refractivity contribution in [1.82, 2.24) is 0 Å². The lowest BCUT2D eigenvalue weighted by Gasteiger charge is -2.08. The van der Waals surface area contributed by atoms with Crippen molar-refractivity contribution in [1.29, 1.82) is 5.26 Å². The van der Waals surface area contributed by atoms with Crippen molar-refractivity contribution in [2.24, 2.45) is 4.36 Å². The molecule has 4 nitrogen and oxygen atoms in total. The van der Waals surface area contributed by atoms with E-state index in [2.05, 4.69) is 10.4 Å². The zero-order valence-corrected chi connectivity index (χ0v) is 12.8. The second-order valence-electron chi connectivity index (χ2n) is 4.84. The molecule has 0 bridgehead atoms. The van der Waals surface area contributed by atoms with Gasteiger partial charge >= 0.3 is 0 Å². The molecule has 2 aromatic carbocycles. The van der Waals surface area contributed by atoms with E-state index in [0.29, 0.717) is 23.6 Å². The average molecular weight is 300 g/mol. The molecule has 0 aliphatic heterocycles. The van der Waals surface area contributed by atoms with Crippen LogP contribution in [0.25, 0.3) is 0 Å². The number of rotatable bonds is 4. The van der Waals surface area contributed by atoms with E-state index >= 15 is 0 Å². The molecule has 0 aliphatic rings. The van der Waals surface area contributed by atoms with Gasteiger partial charge in [0.2, 0.25) is 0 Å². The van der Waals surface area contributed by atoms with Crippen LogP contribution in [-0.4, -0.2) is 16.7 Å². The van der Waals surface area contributed by atoms with Crippen LogP contribution in [0.1, 0.15) is 11.1 Å². The van der Waals surface area contributed by atoms with Gasteiger partial charge in [-0.2, -0.15) is 9.62 Å². The van der Waals surface area contributed by atoms with Gasteiger partial charge in [-0.1, -0.05) is 30.3 Å². The van der Waals surface area contributed by atoms with E-state index in [1.54, 1.807) is 30.7 Å². The lowest BCUT2D eigenvalue weighted by Crippen LogP contribution is -1.97. The van der Waals surface area contributed by atoms with Crippen LogP contribution >= 0.6 is 0 Å². The van der Waals surface area contributed by atoms with Gasteiger partial charge in [0.1, 0.15) is 18.4 Å². The number of nitriles is 1. The van der Waals surface area contributed by atoms with E-state index in [4.69, 9.17) is 4.74 Å². The van der Waals surface area contributed by atoms with Crippen molar-refractivity contribution < 1.29 is 8.95 Å². The quantitative estimate of drug-likeness (QED) is 0.868. The summed E-state index contributed by atoms with van der Waals surface area (Å²) in [4.78, 5) is 0. The minimum atomic E-state index is -2.25. The molecule has 0 saturated heterocycles. The lowest BCUT2D eigenvalue weighted by molar-refractivity contribution is 0.305. The number of benzene rings is 2. The summed E-state index contributed by atoms with van der Waals surface area (Å²) in [5.74, 6) is 0.499. The van der Waals surface area contributed by atoms with Crippen LogP contribution < -0.4 is 4.74 Å². The highest BCUT2D eigenvalue weighted by Crippen LogP contribution is 2.25. The maximum atomic E-state index is 11.7. The van der Waals surface area contributed by atoms with E-state index < -0.39 is 9.73 Å². The SMILES string of the molecule is CS(C)(=O)=Nc1ccc(OCc2ccccc2)c(C#N)c1. The molecular weight excluding hydrogens is 284 g/mol. The van der Waals surface area contributed by atoms with Crippen molar-refractivity contribution in [3.63, 3.8) is 0 Å². The summed E-state index contributed by atoms with van der Waals surface area (Å²) in [6.07, 6.45) is 3.11. The van der Waals surface area contributed by atoms with Gasteiger partial charge in [-0.15, -0.1) is 0 Å². The lowest BCUT2D eigenvalue weighted by atomic mass is 10.2. The molecule has 0 spiro atoms. The number of hydrogen-bond acceptors (Lipinski definition) is 4. The zero-order valence-electron chi connectivity index (χ0n) is 11.9. The molecule has 0 fully saturated rings. The molecule has 2 aromatic rings. The molecule has 5 heteroatoms. The molecule has 0 radical (unpaired) electrons. The van der Waals surface area contributed by atoms with Crippen molar-refractivity contribution in [2.75, 3.05) is 12.5 Å². The summed E-state index contributed by atoms with van der Waals surface area (Å²) in [5.41, 5.74) is 1.93. The molecular formula is C16H16N2O2S. The normalized spacial score (nSPS) is 10.7. The first-order chi connectivity index (χ1) is 9.98. The second kappa shape index (κ2) is 6.42. The third-order valence-electron chi connectivity index (χ3n) is 2.65. The molecule has 21 heavy (non-hydrogen) atoms. The fraction of sp³-hybridized carbons (Fsp3) is 0.188. The van der Waals surface area contributed by atoms with Gasteiger partial charge in [0.15, 0.2) is 0 Å². The van der Waals surface area contributed by atoms with Crippen LogP contribution in [0.4, 0.5) is 5.69 Å². The predicted octanol–water partition coefficient (Wildman–Crippen LogP) is 3.50. The first-order valence-electron chi connectivity index (χ1n) is 6.36. The second-order valence-corrected chi connectivity index (χ2v) is 7.38. The molecule has 0 unspecified atom stereocenters. The topological polar surface area (TPSA) is 62.4 Å². The summed E-state index contributed by atoms with van der Waals surface area (Å²) >= 11 is 0. The maximum absolute atomic E-state index is 11.7. The summed E-state index contributed by atoms with van der Waals surface area (Å²) in [7, 11) is -2.25. The fourth-order valence-electron chi connectivity index (χ4n) is 1.78. The van der Waals surface area contributed by atoms with Crippen LogP contribution in [0, 0.1) is 11.3 Å². The minimum absolute atomic E-state index is 0.385. The van der Waals surface area contributed by atoms with Gasteiger partial charge in [0, 0.05) is 22.2 Å². The van der Waals surface area contributed by atoms with Crippen LogP contribution in [0.3, 0.4) is 0 Å². The molecule has 0 heterocycles. The minimum Gasteiger partial charge on any atom is -0.488 e. The van der Waals surface area contributed by atoms with Crippen molar-refractivity contribution >= 4 is 15.4 Å². The molecule has 2 rings (SSSR count). The number of nitrogens with zero attached hydrogens (tertiary/aromatic N) is 2. The fourth-order valence-corrected chi connectivity index (χ4v) is 2.40. The third-order valence-corrected chi connectivity index (χ3v) is 3.30. The Labute approximate surface area is 125 Å². The summed E-state index contributed by atoms with van der Waals surface area (Å²) in [6, 6.07) is 16.8. The zero-order chi connectivity index (χ0) is 15.3. The van der Waals surface area contributed by atoms with Crippen LogP contribution in [-0.2, 0) is 16.3 Å². The van der Waals surface area contributed by atoms with E-state index in [1.165, 1.54) is 0 Å². The Kier molecular flexibility index (Phi) is 4.61. The largest absolute Gasteiger partial charge is 0.488 e. The first kappa shape index (κ1) is 15.1. The molecule has 0 amide bonds. The Bertz CT molecular complexity index is 778. The van der Waals surface area contributed by atoms with Gasteiger partial charge in [-0.25, -0.2) is 4.21 Å². The highest BCUT2D eigenvalue weighted by molar-refractivity contribution is 7.92. The highest BCUT2D eigenvalue weighted by atomic mass is 32.2. The first-order valence-corrected chi connectivity index (χ1v) is 8.69. The average Bonchev–Trinajstić information content (AvgIpc) is 2.45. The van der Waals surface area contributed by atoms with E-state index in [9.17, 15) is 9.47 Å². The molecule has 0 aliphatic carbocycles. The molecule has 0 aromatic heterocycles. The summed E-state index contributed by atoms with van der Waals surface area (Å²) in [6.45, 7) is 0.393. The van der Waals surface area contributed by atoms with Crippen molar-refractivity contribution in [2.45, 2.75) is 6.61 Å². The van der Waals surface area contributed by atoms with Gasteiger partial charge in [0.05, 0.1) is 11.3 Å². The van der Waals surface area contributed by atoms with Gasteiger partial charge in [-0.05, 0) is 23.8 Å². The third kappa shape index (κ3) is 4.62. The smallest absolute Gasteiger partial charge is 0.137 e. The van der Waals surface area contributed by atoms with E-state index in [-0.39, 0.29) is 0 Å². The Hall–Kier alpha value is -2.32. The van der Waals surface area contributed by atoms with Crippen LogP contribution in [0.15, 0.2) is 52.9 Å². The van der Waals surface area contributed by atoms with Gasteiger partial charge < -0.3 is 4.74 Å². The standard InChI is InChI=1S/C16H16N2O2S/c1-21(2,19)18-15-8-9-16(14(10-15)11-17)20-12-13-6-4-3-5-7-13/h3-10H,12H2,1-2H3. The maximum Gasteiger partial charge on any atom is 0.137 e. The van der Waals surface area contributed by atoms with Crippen molar-refractivity contribution in [3.05, 3.63) is 59.7 Å². The number of hydrogen-bond donors (Lipinski definition) is 0. The predicted molar refractivity (Wildman–Crippen MR) is 84.0 cm³/mol. The Morgan fingerprint density at radius 3 is 2.52 bits per heavy atom. The molecule has 108 valence electrons.